The molecule has 0 atom stereocenters. The number of fused-ring (bicyclic) bond motifs is 1. The van der Waals surface area contributed by atoms with Gasteiger partial charge in [0, 0.05) is 6.07 Å². The number of rotatable bonds is 2. The molecule has 1 aromatic heterocycles. The van der Waals surface area contributed by atoms with Gasteiger partial charge in [0.2, 0.25) is 5.52 Å². The van der Waals surface area contributed by atoms with E-state index in [1.807, 2.05) is 36.7 Å². The monoisotopic (exact) mass is 254 g/mol. The van der Waals surface area contributed by atoms with E-state index >= 15 is 0 Å². The maximum absolute atomic E-state index is 11.4. The van der Waals surface area contributed by atoms with E-state index in [1.165, 1.54) is 4.70 Å². The van der Waals surface area contributed by atoms with Crippen LogP contribution in [-0.4, -0.2) is 11.9 Å². The zero-order valence-corrected chi connectivity index (χ0v) is 10.7. The number of aryl methyl sites for hydroxylation is 1. The van der Waals surface area contributed by atoms with E-state index in [4.69, 9.17) is 4.74 Å². The van der Waals surface area contributed by atoms with Crippen LogP contribution in [0.1, 0.15) is 6.92 Å². The Bertz CT molecular complexity index is 522. The maximum atomic E-state index is 11.4. The van der Waals surface area contributed by atoms with Crippen molar-refractivity contribution in [3.05, 3.63) is 24.3 Å². The molecule has 1 heterocycles. The molecule has 0 radical (unpaired) electrons. The molecule has 1 aromatic carbocycles. The molecular formula is C11H12NO2S2+. The lowest BCUT2D eigenvalue weighted by Gasteiger charge is -1.95. The van der Waals surface area contributed by atoms with Crippen molar-refractivity contribution >= 4 is 38.6 Å². The number of para-hydroxylation sites is 1. The van der Waals surface area contributed by atoms with Crippen LogP contribution in [0.4, 0.5) is 4.79 Å². The standard InChI is InChI=1S/C11H12NO2S2/c1-3-14-11(13)16-10-12(2)8-6-4-5-7-9(8)15-10/h4-7H,3H2,1-2H3/q+1. The van der Waals surface area contributed by atoms with Gasteiger partial charge in [-0.25, -0.2) is 4.79 Å². The predicted molar refractivity (Wildman–Crippen MR) is 65.9 cm³/mol. The van der Waals surface area contributed by atoms with E-state index in [1.54, 1.807) is 11.3 Å². The van der Waals surface area contributed by atoms with Crippen molar-refractivity contribution in [1.29, 1.82) is 0 Å². The van der Waals surface area contributed by atoms with Crippen molar-refractivity contribution in [2.45, 2.75) is 11.3 Å². The van der Waals surface area contributed by atoms with E-state index in [0.29, 0.717) is 6.61 Å². The Morgan fingerprint density at radius 3 is 2.94 bits per heavy atom. The molecule has 2 rings (SSSR count). The van der Waals surface area contributed by atoms with Crippen LogP contribution in [0.2, 0.25) is 0 Å². The fourth-order valence-corrected chi connectivity index (χ4v) is 3.46. The second-order valence-corrected chi connectivity index (χ2v) is 5.39. The molecule has 0 bridgehead atoms. The van der Waals surface area contributed by atoms with Gasteiger partial charge in [0.15, 0.2) is 0 Å². The minimum absolute atomic E-state index is 0.246. The Kier molecular flexibility index (Phi) is 3.46. The second-order valence-electron chi connectivity index (χ2n) is 3.18. The van der Waals surface area contributed by atoms with Crippen LogP contribution < -0.4 is 4.57 Å². The number of thiazole rings is 1. The van der Waals surface area contributed by atoms with Crippen LogP contribution in [-0.2, 0) is 11.8 Å². The summed E-state index contributed by atoms with van der Waals surface area (Å²) in [6, 6.07) is 8.09. The summed E-state index contributed by atoms with van der Waals surface area (Å²) >= 11 is 2.74. The first kappa shape index (κ1) is 11.4. The second kappa shape index (κ2) is 4.84. The summed E-state index contributed by atoms with van der Waals surface area (Å²) in [5.41, 5.74) is 1.14. The van der Waals surface area contributed by atoms with Crippen LogP contribution >= 0.6 is 23.1 Å². The molecule has 2 aromatic rings. The van der Waals surface area contributed by atoms with Crippen LogP contribution in [0.5, 0.6) is 0 Å². The van der Waals surface area contributed by atoms with Gasteiger partial charge in [-0.15, -0.1) is 0 Å². The Morgan fingerprint density at radius 1 is 1.50 bits per heavy atom. The number of aromatic nitrogens is 1. The minimum atomic E-state index is -0.246. The number of hydrogen-bond donors (Lipinski definition) is 0. The Morgan fingerprint density at radius 2 is 2.25 bits per heavy atom. The van der Waals surface area contributed by atoms with Gasteiger partial charge in [-0.05, 0) is 13.0 Å². The Labute approximate surface area is 102 Å². The van der Waals surface area contributed by atoms with Crippen LogP contribution in [0.15, 0.2) is 28.6 Å². The molecular weight excluding hydrogens is 242 g/mol. The fraction of sp³-hybridized carbons (Fsp3) is 0.273. The number of carbonyl (C=O) groups is 1. The Hall–Kier alpha value is -1.07. The molecule has 0 fully saturated rings. The van der Waals surface area contributed by atoms with Crippen LogP contribution in [0, 0.1) is 0 Å². The largest absolute Gasteiger partial charge is 0.457 e. The SMILES string of the molecule is CCOC(=O)Sc1sc2ccccc2[n+]1C. The summed E-state index contributed by atoms with van der Waals surface area (Å²) in [4.78, 5) is 11.4. The number of benzene rings is 1. The molecule has 0 saturated carbocycles. The maximum Gasteiger partial charge on any atom is 0.378 e. The van der Waals surface area contributed by atoms with E-state index < -0.39 is 0 Å². The number of carbonyl (C=O) groups excluding carboxylic acids is 1. The molecule has 0 amide bonds. The summed E-state index contributed by atoms with van der Waals surface area (Å²) in [6.45, 7) is 2.23. The quantitative estimate of drug-likeness (QED) is 0.469. The van der Waals surface area contributed by atoms with E-state index in [9.17, 15) is 4.79 Å². The summed E-state index contributed by atoms with van der Waals surface area (Å²) < 4.78 is 9.05. The van der Waals surface area contributed by atoms with E-state index in [0.717, 1.165) is 21.6 Å². The zero-order valence-electron chi connectivity index (χ0n) is 9.10. The van der Waals surface area contributed by atoms with Crippen molar-refractivity contribution < 1.29 is 14.1 Å². The third-order valence-corrected chi connectivity index (χ3v) is 4.38. The summed E-state index contributed by atoms with van der Waals surface area (Å²) in [5, 5.41) is -0.246. The average molecular weight is 254 g/mol. The third-order valence-electron chi connectivity index (χ3n) is 2.13. The summed E-state index contributed by atoms with van der Waals surface area (Å²) in [5.74, 6) is 0. The molecule has 84 valence electrons. The number of ether oxygens (including phenoxy) is 1. The molecule has 16 heavy (non-hydrogen) atoms. The highest BCUT2D eigenvalue weighted by Crippen LogP contribution is 2.28. The zero-order chi connectivity index (χ0) is 11.5. The highest BCUT2D eigenvalue weighted by atomic mass is 32.2. The first-order chi connectivity index (χ1) is 7.72. The van der Waals surface area contributed by atoms with Gasteiger partial charge >= 0.3 is 9.64 Å². The highest BCUT2D eigenvalue weighted by Gasteiger charge is 2.20. The lowest BCUT2D eigenvalue weighted by molar-refractivity contribution is -0.676. The van der Waals surface area contributed by atoms with E-state index in [2.05, 4.69) is 6.07 Å². The topological polar surface area (TPSA) is 30.2 Å². The van der Waals surface area contributed by atoms with Crippen molar-refractivity contribution in [3.63, 3.8) is 0 Å². The highest BCUT2D eigenvalue weighted by molar-refractivity contribution is 8.14. The van der Waals surface area contributed by atoms with Crippen LogP contribution in [0.25, 0.3) is 10.2 Å². The molecule has 0 aliphatic carbocycles. The summed E-state index contributed by atoms with van der Waals surface area (Å²) in [7, 11) is 1.96. The predicted octanol–water partition coefficient (Wildman–Crippen LogP) is 2.97. The van der Waals surface area contributed by atoms with E-state index in [-0.39, 0.29) is 5.30 Å². The van der Waals surface area contributed by atoms with Crippen molar-refractivity contribution in [3.8, 4) is 0 Å². The first-order valence-corrected chi connectivity index (χ1v) is 6.58. The first-order valence-electron chi connectivity index (χ1n) is 4.94. The van der Waals surface area contributed by atoms with Gasteiger partial charge in [-0.3, -0.25) is 0 Å². The molecule has 0 spiro atoms. The van der Waals surface area contributed by atoms with Crippen molar-refractivity contribution in [2.75, 3.05) is 6.61 Å². The molecule has 5 heteroatoms. The average Bonchev–Trinajstić information content (AvgIpc) is 2.57. The number of nitrogens with zero attached hydrogens (tertiary/aromatic N) is 1. The smallest absolute Gasteiger partial charge is 0.378 e. The molecule has 0 saturated heterocycles. The Balaban J connectivity index is 2.31. The fourth-order valence-electron chi connectivity index (χ4n) is 1.39. The lowest BCUT2D eigenvalue weighted by Crippen LogP contribution is -2.28. The normalized spacial score (nSPS) is 10.6. The van der Waals surface area contributed by atoms with Gasteiger partial charge < -0.3 is 4.74 Å². The van der Waals surface area contributed by atoms with Crippen molar-refractivity contribution in [2.24, 2.45) is 7.05 Å². The van der Waals surface area contributed by atoms with Crippen molar-refractivity contribution in [1.82, 2.24) is 0 Å². The number of thioether (sulfide) groups is 1. The lowest BCUT2D eigenvalue weighted by atomic mass is 10.3. The molecule has 3 nitrogen and oxygen atoms in total. The van der Waals surface area contributed by atoms with Gasteiger partial charge in [-0.1, -0.05) is 23.5 Å². The van der Waals surface area contributed by atoms with Gasteiger partial charge in [0.25, 0.3) is 0 Å². The van der Waals surface area contributed by atoms with Gasteiger partial charge in [0.05, 0.1) is 18.4 Å². The van der Waals surface area contributed by atoms with Gasteiger partial charge in [0.1, 0.15) is 11.7 Å². The molecule has 0 N–H and O–H groups in total. The minimum Gasteiger partial charge on any atom is -0.457 e. The molecule has 0 aliphatic rings. The molecule has 0 aliphatic heterocycles. The van der Waals surface area contributed by atoms with Crippen LogP contribution in [0.3, 0.4) is 0 Å². The number of hydrogen-bond acceptors (Lipinski definition) is 4. The third kappa shape index (κ3) is 2.20. The summed E-state index contributed by atoms with van der Waals surface area (Å²) in [6.07, 6.45) is 0. The molecule has 0 unspecified atom stereocenters. The van der Waals surface area contributed by atoms with Gasteiger partial charge in [-0.2, -0.15) is 4.57 Å².